The molecule has 1 unspecified atom stereocenters. The molecule has 0 saturated heterocycles. The monoisotopic (exact) mass is 240 g/mol. The van der Waals surface area contributed by atoms with Gasteiger partial charge < -0.3 is 10.6 Å². The fourth-order valence-electron chi connectivity index (χ4n) is 1.48. The van der Waals surface area contributed by atoms with Gasteiger partial charge in [0.15, 0.2) is 0 Å². The lowest BCUT2D eigenvalue weighted by molar-refractivity contribution is -0.124. The first-order chi connectivity index (χ1) is 7.54. The molecule has 16 heavy (non-hydrogen) atoms. The summed E-state index contributed by atoms with van der Waals surface area (Å²) in [5.74, 6) is 0.130. The maximum atomic E-state index is 11.7. The Balaban J connectivity index is 2.42. The molecule has 1 aromatic rings. The largest absolute Gasteiger partial charge is 0.351 e. The molecule has 0 radical (unpaired) electrons. The van der Waals surface area contributed by atoms with Gasteiger partial charge in [0, 0.05) is 22.2 Å². The molecule has 0 aliphatic heterocycles. The highest BCUT2D eigenvalue weighted by molar-refractivity contribution is 7.12. The molecule has 1 atom stereocenters. The average molecular weight is 240 g/mol. The van der Waals surface area contributed by atoms with Crippen LogP contribution < -0.4 is 10.6 Å². The van der Waals surface area contributed by atoms with Gasteiger partial charge >= 0.3 is 0 Å². The molecule has 0 aliphatic rings. The van der Waals surface area contributed by atoms with E-state index in [-0.39, 0.29) is 11.8 Å². The quantitative estimate of drug-likeness (QED) is 0.824. The Morgan fingerprint density at radius 1 is 1.50 bits per heavy atom. The molecule has 2 N–H and O–H groups in total. The molecule has 0 bridgehead atoms. The molecule has 1 rings (SSSR count). The van der Waals surface area contributed by atoms with Crippen molar-refractivity contribution in [2.24, 2.45) is 5.92 Å². The van der Waals surface area contributed by atoms with E-state index in [0.717, 1.165) is 0 Å². The summed E-state index contributed by atoms with van der Waals surface area (Å²) in [7, 11) is 1.86. The zero-order valence-corrected chi connectivity index (χ0v) is 11.2. The van der Waals surface area contributed by atoms with E-state index in [2.05, 4.69) is 30.5 Å². The lowest BCUT2D eigenvalue weighted by Crippen LogP contribution is -2.33. The summed E-state index contributed by atoms with van der Waals surface area (Å²) in [6, 6.07) is 2.14. The van der Waals surface area contributed by atoms with Gasteiger partial charge in [-0.1, -0.05) is 6.92 Å². The Morgan fingerprint density at radius 2 is 2.19 bits per heavy atom. The smallest absolute Gasteiger partial charge is 0.224 e. The van der Waals surface area contributed by atoms with E-state index in [1.807, 2.05) is 14.0 Å². The second-order valence-electron chi connectivity index (χ2n) is 4.13. The highest BCUT2D eigenvalue weighted by atomic mass is 32.1. The normalized spacial score (nSPS) is 12.5. The van der Waals surface area contributed by atoms with E-state index in [9.17, 15) is 4.79 Å². The Labute approximate surface area is 101 Å². The van der Waals surface area contributed by atoms with Crippen LogP contribution in [0.1, 0.15) is 22.2 Å². The van der Waals surface area contributed by atoms with Gasteiger partial charge in [-0.05, 0) is 32.5 Å². The first kappa shape index (κ1) is 13.2. The predicted molar refractivity (Wildman–Crippen MR) is 68.7 cm³/mol. The number of rotatable bonds is 5. The van der Waals surface area contributed by atoms with E-state index in [1.54, 1.807) is 11.3 Å². The summed E-state index contributed by atoms with van der Waals surface area (Å²) in [6.45, 7) is 7.49. The van der Waals surface area contributed by atoms with Gasteiger partial charge in [0.05, 0.1) is 6.54 Å². The Kier molecular flexibility index (Phi) is 4.96. The molecule has 90 valence electrons. The number of hydrogen-bond donors (Lipinski definition) is 2. The van der Waals surface area contributed by atoms with Crippen LogP contribution in [0.25, 0.3) is 0 Å². The molecular weight excluding hydrogens is 220 g/mol. The molecule has 0 spiro atoms. The SMILES string of the molecule is CNCC(C)C(=O)NCc1cc(C)c(C)s1. The first-order valence-electron chi connectivity index (χ1n) is 5.52. The average Bonchev–Trinajstić information content (AvgIpc) is 2.55. The van der Waals surface area contributed by atoms with Crippen molar-refractivity contribution in [2.45, 2.75) is 27.3 Å². The lowest BCUT2D eigenvalue weighted by Gasteiger charge is -2.10. The third-order valence-electron chi connectivity index (χ3n) is 2.61. The molecule has 0 saturated carbocycles. The topological polar surface area (TPSA) is 41.1 Å². The summed E-state index contributed by atoms with van der Waals surface area (Å²) < 4.78 is 0. The third kappa shape index (κ3) is 3.61. The predicted octanol–water partition coefficient (Wildman–Crippen LogP) is 1.84. The minimum atomic E-state index is 0.0205. The Morgan fingerprint density at radius 3 is 2.69 bits per heavy atom. The molecular formula is C12H20N2OS. The van der Waals surface area contributed by atoms with Crippen LogP contribution in [0.5, 0.6) is 0 Å². The zero-order chi connectivity index (χ0) is 12.1. The van der Waals surface area contributed by atoms with Crippen molar-refractivity contribution in [1.29, 1.82) is 0 Å². The highest BCUT2D eigenvalue weighted by Gasteiger charge is 2.11. The van der Waals surface area contributed by atoms with Crippen LogP contribution >= 0.6 is 11.3 Å². The molecule has 1 heterocycles. The maximum Gasteiger partial charge on any atom is 0.224 e. The van der Waals surface area contributed by atoms with Gasteiger partial charge in [-0.3, -0.25) is 4.79 Å². The number of aryl methyl sites for hydroxylation is 2. The van der Waals surface area contributed by atoms with Gasteiger partial charge in [0.25, 0.3) is 0 Å². The molecule has 3 nitrogen and oxygen atoms in total. The number of nitrogens with one attached hydrogen (secondary N) is 2. The summed E-state index contributed by atoms with van der Waals surface area (Å²) in [4.78, 5) is 14.2. The highest BCUT2D eigenvalue weighted by Crippen LogP contribution is 2.20. The second kappa shape index (κ2) is 6.01. The maximum absolute atomic E-state index is 11.7. The van der Waals surface area contributed by atoms with E-state index >= 15 is 0 Å². The molecule has 1 aromatic heterocycles. The molecule has 0 fully saturated rings. The van der Waals surface area contributed by atoms with Crippen molar-refractivity contribution < 1.29 is 4.79 Å². The lowest BCUT2D eigenvalue weighted by atomic mass is 10.1. The zero-order valence-electron chi connectivity index (χ0n) is 10.4. The number of carbonyl (C=O) groups is 1. The first-order valence-corrected chi connectivity index (χ1v) is 6.34. The van der Waals surface area contributed by atoms with E-state index in [4.69, 9.17) is 0 Å². The Bertz CT molecular complexity index is 340. The van der Waals surface area contributed by atoms with Crippen molar-refractivity contribution in [1.82, 2.24) is 10.6 Å². The molecule has 0 aliphatic carbocycles. The van der Waals surface area contributed by atoms with Gasteiger partial charge in [0.1, 0.15) is 0 Å². The summed E-state index contributed by atoms with van der Waals surface area (Å²) >= 11 is 1.75. The van der Waals surface area contributed by atoms with Crippen LogP contribution in [0.3, 0.4) is 0 Å². The molecule has 4 heteroatoms. The van der Waals surface area contributed by atoms with Crippen molar-refractivity contribution >= 4 is 17.2 Å². The number of hydrogen-bond acceptors (Lipinski definition) is 3. The standard InChI is InChI=1S/C12H20N2OS/c1-8-5-11(16-10(8)3)7-14-12(15)9(2)6-13-4/h5,9,13H,6-7H2,1-4H3,(H,14,15). The summed E-state index contributed by atoms with van der Waals surface area (Å²) in [5, 5.41) is 5.96. The van der Waals surface area contributed by atoms with Crippen molar-refractivity contribution in [2.75, 3.05) is 13.6 Å². The van der Waals surface area contributed by atoms with Crippen LogP contribution in [0.4, 0.5) is 0 Å². The number of amides is 1. The van der Waals surface area contributed by atoms with Crippen LogP contribution in [0.2, 0.25) is 0 Å². The van der Waals surface area contributed by atoms with Crippen LogP contribution in [0.15, 0.2) is 6.07 Å². The van der Waals surface area contributed by atoms with Crippen LogP contribution in [0, 0.1) is 19.8 Å². The number of thiophene rings is 1. The summed E-state index contributed by atoms with van der Waals surface area (Å²) in [5.41, 5.74) is 1.30. The van der Waals surface area contributed by atoms with Gasteiger partial charge in [0.2, 0.25) is 5.91 Å². The summed E-state index contributed by atoms with van der Waals surface area (Å²) in [6.07, 6.45) is 0. The van der Waals surface area contributed by atoms with Crippen molar-refractivity contribution in [3.8, 4) is 0 Å². The third-order valence-corrected chi connectivity index (χ3v) is 3.76. The molecule has 1 amide bonds. The van der Waals surface area contributed by atoms with Gasteiger partial charge in [-0.2, -0.15) is 0 Å². The minimum absolute atomic E-state index is 0.0205. The Hall–Kier alpha value is -0.870. The van der Waals surface area contributed by atoms with Crippen molar-refractivity contribution in [3.05, 3.63) is 21.4 Å². The van der Waals surface area contributed by atoms with E-state index in [1.165, 1.54) is 15.3 Å². The number of carbonyl (C=O) groups excluding carboxylic acids is 1. The van der Waals surface area contributed by atoms with Crippen LogP contribution in [-0.2, 0) is 11.3 Å². The van der Waals surface area contributed by atoms with Crippen molar-refractivity contribution in [3.63, 3.8) is 0 Å². The fraction of sp³-hybridized carbons (Fsp3) is 0.583. The van der Waals surface area contributed by atoms with Gasteiger partial charge in [-0.15, -0.1) is 11.3 Å². The van der Waals surface area contributed by atoms with Gasteiger partial charge in [-0.25, -0.2) is 0 Å². The fourth-order valence-corrected chi connectivity index (χ4v) is 2.48. The van der Waals surface area contributed by atoms with E-state index < -0.39 is 0 Å². The minimum Gasteiger partial charge on any atom is -0.351 e. The second-order valence-corrected chi connectivity index (χ2v) is 5.47. The van der Waals surface area contributed by atoms with E-state index in [0.29, 0.717) is 13.1 Å². The molecule has 0 aromatic carbocycles. The van der Waals surface area contributed by atoms with Crippen LogP contribution in [-0.4, -0.2) is 19.5 Å².